The second-order valence-corrected chi connectivity index (χ2v) is 5.76. The van der Waals surface area contributed by atoms with E-state index in [0.29, 0.717) is 17.7 Å². The van der Waals surface area contributed by atoms with E-state index < -0.39 is 23.0 Å². The van der Waals surface area contributed by atoms with Crippen molar-refractivity contribution >= 4 is 17.7 Å². The number of rotatable bonds is 8. The van der Waals surface area contributed by atoms with Crippen LogP contribution in [0.3, 0.4) is 0 Å². The van der Waals surface area contributed by atoms with E-state index in [-0.39, 0.29) is 30.2 Å². The average molecular weight is 375 g/mol. The molecule has 2 rings (SSSR count). The van der Waals surface area contributed by atoms with E-state index in [1.165, 1.54) is 18.2 Å². The van der Waals surface area contributed by atoms with Crippen molar-refractivity contribution < 1.29 is 24.0 Å². The van der Waals surface area contributed by atoms with Gasteiger partial charge in [0.1, 0.15) is 12.4 Å². The topological polar surface area (TPSA) is 120 Å². The summed E-state index contributed by atoms with van der Waals surface area (Å²) in [4.78, 5) is 34.4. The summed E-state index contributed by atoms with van der Waals surface area (Å²) in [5.41, 5.74) is 1.07. The second kappa shape index (κ2) is 8.84. The first-order valence-electron chi connectivity index (χ1n) is 8.36. The molecule has 0 unspecified atom stereocenters. The van der Waals surface area contributed by atoms with Crippen LogP contribution in [0.4, 0.5) is 10.5 Å². The number of non-ortho nitro benzene ring substituents is 1. The predicted molar refractivity (Wildman–Crippen MR) is 97.3 cm³/mol. The van der Waals surface area contributed by atoms with Gasteiger partial charge in [0.25, 0.3) is 5.69 Å². The van der Waals surface area contributed by atoms with E-state index in [1.54, 1.807) is 19.9 Å². The Labute approximate surface area is 156 Å². The molecule has 1 heterocycles. The van der Waals surface area contributed by atoms with E-state index in [4.69, 9.17) is 9.47 Å². The van der Waals surface area contributed by atoms with Gasteiger partial charge in [-0.2, -0.15) is 0 Å². The molecular formula is C18H21N3O6. The largest absolute Gasteiger partial charge is 0.487 e. The molecule has 0 bridgehead atoms. The van der Waals surface area contributed by atoms with Crippen LogP contribution in [0.5, 0.6) is 5.75 Å². The zero-order chi connectivity index (χ0) is 20.0. The number of nitrogens with one attached hydrogen (secondary N) is 2. The fourth-order valence-corrected chi connectivity index (χ4v) is 2.68. The first-order chi connectivity index (χ1) is 12.9. The van der Waals surface area contributed by atoms with Crippen molar-refractivity contribution in [3.05, 3.63) is 57.8 Å². The third kappa shape index (κ3) is 4.84. The minimum Gasteiger partial charge on any atom is -0.487 e. The first-order valence-corrected chi connectivity index (χ1v) is 8.36. The number of benzene rings is 1. The molecule has 0 aromatic heterocycles. The Kier molecular flexibility index (Phi) is 6.53. The summed E-state index contributed by atoms with van der Waals surface area (Å²) in [5.74, 6) is -0.150. The number of amides is 2. The molecule has 9 heteroatoms. The van der Waals surface area contributed by atoms with Crippen molar-refractivity contribution in [2.24, 2.45) is 0 Å². The lowest BCUT2D eigenvalue weighted by atomic mass is 10.0. The highest BCUT2D eigenvalue weighted by atomic mass is 16.6. The molecule has 0 spiro atoms. The number of hydrogen-bond acceptors (Lipinski definition) is 6. The lowest BCUT2D eigenvalue weighted by molar-refractivity contribution is -0.384. The SMILES string of the molecule is C=CCc1cc([N+](=O)[O-])ccc1OCC1=C(C(=O)OCC)[C@@H](C)NC(=O)N1. The number of ether oxygens (including phenoxy) is 2. The monoisotopic (exact) mass is 375 g/mol. The van der Waals surface area contributed by atoms with Crippen molar-refractivity contribution in [3.63, 3.8) is 0 Å². The maximum absolute atomic E-state index is 12.2. The lowest BCUT2D eigenvalue weighted by Crippen LogP contribution is -2.50. The van der Waals surface area contributed by atoms with Gasteiger partial charge in [0.05, 0.1) is 28.8 Å². The summed E-state index contributed by atoms with van der Waals surface area (Å²) in [6.45, 7) is 7.08. The second-order valence-electron chi connectivity index (χ2n) is 5.76. The van der Waals surface area contributed by atoms with Crippen molar-refractivity contribution in [2.75, 3.05) is 13.2 Å². The Balaban J connectivity index is 2.30. The number of nitrogens with zero attached hydrogens (tertiary/aromatic N) is 1. The number of hydrogen-bond donors (Lipinski definition) is 2. The fraction of sp³-hybridized carbons (Fsp3) is 0.333. The molecule has 1 aromatic carbocycles. The van der Waals surface area contributed by atoms with E-state index in [2.05, 4.69) is 17.2 Å². The molecule has 1 aliphatic rings. The van der Waals surface area contributed by atoms with Gasteiger partial charge in [-0.15, -0.1) is 6.58 Å². The van der Waals surface area contributed by atoms with Crippen molar-refractivity contribution in [1.29, 1.82) is 0 Å². The summed E-state index contributed by atoms with van der Waals surface area (Å²) in [5, 5.41) is 16.1. The van der Waals surface area contributed by atoms with Gasteiger partial charge in [-0.1, -0.05) is 6.08 Å². The minimum atomic E-state index is -0.550. The van der Waals surface area contributed by atoms with Crippen LogP contribution in [0.25, 0.3) is 0 Å². The summed E-state index contributed by atoms with van der Waals surface area (Å²) in [6, 6.07) is 3.21. The number of carbonyl (C=O) groups excluding carboxylic acids is 2. The van der Waals surface area contributed by atoms with Crippen LogP contribution in [0.2, 0.25) is 0 Å². The van der Waals surface area contributed by atoms with Gasteiger partial charge in [-0.3, -0.25) is 10.1 Å². The van der Waals surface area contributed by atoms with Gasteiger partial charge in [-0.25, -0.2) is 9.59 Å². The highest BCUT2D eigenvalue weighted by molar-refractivity contribution is 5.94. The van der Waals surface area contributed by atoms with E-state index >= 15 is 0 Å². The zero-order valence-corrected chi connectivity index (χ0v) is 15.1. The van der Waals surface area contributed by atoms with Crippen LogP contribution in [0, 0.1) is 10.1 Å². The molecular weight excluding hydrogens is 354 g/mol. The van der Waals surface area contributed by atoms with Crippen molar-refractivity contribution in [1.82, 2.24) is 10.6 Å². The Morgan fingerprint density at radius 2 is 2.19 bits per heavy atom. The molecule has 0 aliphatic carbocycles. The lowest BCUT2D eigenvalue weighted by Gasteiger charge is -2.26. The van der Waals surface area contributed by atoms with Gasteiger partial charge in [0.2, 0.25) is 0 Å². The van der Waals surface area contributed by atoms with Gasteiger partial charge in [0.15, 0.2) is 0 Å². The van der Waals surface area contributed by atoms with Crippen LogP contribution in [0.1, 0.15) is 19.4 Å². The molecule has 0 saturated carbocycles. The van der Waals surface area contributed by atoms with Crippen molar-refractivity contribution in [2.45, 2.75) is 26.3 Å². The first kappa shape index (κ1) is 20.0. The van der Waals surface area contributed by atoms with Gasteiger partial charge >= 0.3 is 12.0 Å². The quantitative estimate of drug-likeness (QED) is 0.311. The normalized spacial score (nSPS) is 16.2. The number of nitro benzene ring substituents is 1. The van der Waals surface area contributed by atoms with Crippen LogP contribution < -0.4 is 15.4 Å². The van der Waals surface area contributed by atoms with Gasteiger partial charge in [-0.05, 0) is 26.3 Å². The number of urea groups is 1. The summed E-state index contributed by atoms with van der Waals surface area (Å²) in [6.07, 6.45) is 1.97. The third-order valence-electron chi connectivity index (χ3n) is 3.86. The number of allylic oxidation sites excluding steroid dienone is 1. The Bertz CT molecular complexity index is 802. The molecule has 0 radical (unpaired) electrons. The standard InChI is InChI=1S/C18H21N3O6/c1-4-6-12-9-13(21(24)25)7-8-15(12)27-10-14-16(17(22)26-5-2)11(3)19-18(23)20-14/h4,7-9,11H,1,5-6,10H2,2-3H3,(H2,19,20,23)/t11-/m1/s1. The summed E-state index contributed by atoms with van der Waals surface area (Å²) >= 11 is 0. The molecule has 1 atom stereocenters. The number of nitro groups is 1. The predicted octanol–water partition coefficient (Wildman–Crippen LogP) is 2.22. The number of carbonyl (C=O) groups is 2. The zero-order valence-electron chi connectivity index (χ0n) is 15.1. The van der Waals surface area contributed by atoms with Crippen LogP contribution in [0.15, 0.2) is 42.1 Å². The summed E-state index contributed by atoms with van der Waals surface area (Å²) < 4.78 is 10.8. The number of esters is 1. The molecule has 144 valence electrons. The van der Waals surface area contributed by atoms with Gasteiger partial charge in [0, 0.05) is 17.7 Å². The molecule has 2 N–H and O–H groups in total. The van der Waals surface area contributed by atoms with Crippen LogP contribution in [-0.4, -0.2) is 36.2 Å². The molecule has 1 aromatic rings. The van der Waals surface area contributed by atoms with E-state index in [9.17, 15) is 19.7 Å². The molecule has 0 fully saturated rings. The highest BCUT2D eigenvalue weighted by Gasteiger charge is 2.30. The molecule has 1 aliphatic heterocycles. The van der Waals surface area contributed by atoms with Crippen LogP contribution >= 0.6 is 0 Å². The van der Waals surface area contributed by atoms with Crippen LogP contribution in [-0.2, 0) is 16.0 Å². The molecule has 2 amide bonds. The smallest absolute Gasteiger partial charge is 0.338 e. The maximum Gasteiger partial charge on any atom is 0.338 e. The van der Waals surface area contributed by atoms with E-state index in [0.717, 1.165) is 0 Å². The average Bonchev–Trinajstić information content (AvgIpc) is 2.60. The van der Waals surface area contributed by atoms with E-state index in [1.807, 2.05) is 0 Å². The maximum atomic E-state index is 12.2. The molecule has 0 saturated heterocycles. The van der Waals surface area contributed by atoms with Crippen molar-refractivity contribution in [3.8, 4) is 5.75 Å². The highest BCUT2D eigenvalue weighted by Crippen LogP contribution is 2.26. The fourth-order valence-electron chi connectivity index (χ4n) is 2.68. The summed E-state index contributed by atoms with van der Waals surface area (Å²) in [7, 11) is 0. The Morgan fingerprint density at radius 3 is 2.81 bits per heavy atom. The third-order valence-corrected chi connectivity index (χ3v) is 3.86. The Morgan fingerprint density at radius 1 is 1.44 bits per heavy atom. The minimum absolute atomic E-state index is 0.0607. The molecule has 27 heavy (non-hydrogen) atoms. The van der Waals surface area contributed by atoms with Gasteiger partial charge < -0.3 is 20.1 Å². The molecule has 9 nitrogen and oxygen atoms in total. The Hall–Kier alpha value is -3.36.